The average molecular weight is 544 g/mol. The highest BCUT2D eigenvalue weighted by molar-refractivity contribution is 6.08. The molecule has 2 N–H and O–H groups in total. The summed E-state index contributed by atoms with van der Waals surface area (Å²) in [6.45, 7) is 3.98. The van der Waals surface area contributed by atoms with Crippen LogP contribution in [0.25, 0.3) is 10.9 Å². The summed E-state index contributed by atoms with van der Waals surface area (Å²) in [5.41, 5.74) is 3.08. The number of nitrogens with zero attached hydrogens (tertiary/aromatic N) is 3. The number of carbonyl (C=O) groups excluding carboxylic acids is 2. The topological polar surface area (TPSA) is 81.3 Å². The van der Waals surface area contributed by atoms with Crippen molar-refractivity contribution < 1.29 is 18.4 Å². The number of benzene rings is 3. The van der Waals surface area contributed by atoms with E-state index in [1.807, 2.05) is 18.2 Å². The fourth-order valence-corrected chi connectivity index (χ4v) is 5.85. The Labute approximate surface area is 231 Å². The number of hydrogen-bond acceptors (Lipinski definition) is 5. The molecular weight excluding hydrogens is 512 g/mol. The lowest BCUT2D eigenvalue weighted by atomic mass is 10.0. The van der Waals surface area contributed by atoms with E-state index in [0.717, 1.165) is 56.3 Å². The summed E-state index contributed by atoms with van der Waals surface area (Å²) < 4.78 is 27.2. The van der Waals surface area contributed by atoms with E-state index in [-0.39, 0.29) is 17.7 Å². The second kappa shape index (κ2) is 11.3. The molecule has 2 saturated heterocycles. The van der Waals surface area contributed by atoms with Crippen LogP contribution in [0.15, 0.2) is 60.7 Å². The molecule has 0 spiro atoms. The van der Waals surface area contributed by atoms with Crippen LogP contribution in [0.2, 0.25) is 0 Å². The van der Waals surface area contributed by atoms with Crippen LogP contribution in [0.3, 0.4) is 0 Å². The highest BCUT2D eigenvalue weighted by Gasteiger charge is 2.32. The van der Waals surface area contributed by atoms with Gasteiger partial charge in [0.25, 0.3) is 5.91 Å². The number of anilines is 1. The number of aromatic nitrogens is 2. The van der Waals surface area contributed by atoms with Gasteiger partial charge in [-0.05, 0) is 92.7 Å². The first-order valence-electron chi connectivity index (χ1n) is 13.8. The zero-order valence-corrected chi connectivity index (χ0v) is 22.1. The van der Waals surface area contributed by atoms with E-state index < -0.39 is 11.6 Å². The maximum atomic E-state index is 13.6. The van der Waals surface area contributed by atoms with Gasteiger partial charge in [0.15, 0.2) is 11.6 Å². The second-order valence-corrected chi connectivity index (χ2v) is 10.7. The molecule has 1 amide bonds. The van der Waals surface area contributed by atoms with E-state index in [9.17, 15) is 18.4 Å². The number of aromatic amines is 1. The standard InChI is InChI=1S/C31H31F2N5O2/c32-24-15-21(16-25(33)18-24)14-20-5-10-27-26(17-20)30(36-35-27)34-31(40)23-8-6-22(7-9-23)29(39)28-4-3-13-38(28)19-37-11-1-2-12-37/h5-10,15-18,28H,1-4,11-14,19H2,(H2,34,35,36,40). The molecule has 40 heavy (non-hydrogen) atoms. The molecule has 0 aliphatic carbocycles. The van der Waals surface area contributed by atoms with Gasteiger partial charge in [-0.1, -0.05) is 18.2 Å². The van der Waals surface area contributed by atoms with Crippen molar-refractivity contribution >= 4 is 28.4 Å². The Bertz CT molecular complexity index is 1530. The maximum absolute atomic E-state index is 13.6. The third-order valence-electron chi connectivity index (χ3n) is 7.87. The van der Waals surface area contributed by atoms with Gasteiger partial charge >= 0.3 is 0 Å². The molecule has 0 saturated carbocycles. The Morgan fingerprint density at radius 1 is 0.875 bits per heavy atom. The van der Waals surface area contributed by atoms with Gasteiger partial charge in [-0.2, -0.15) is 5.10 Å². The van der Waals surface area contributed by atoms with Crippen molar-refractivity contribution in [2.45, 2.75) is 38.1 Å². The molecule has 2 aliphatic heterocycles. The molecule has 9 heteroatoms. The minimum atomic E-state index is -0.622. The molecule has 4 aromatic rings. The van der Waals surface area contributed by atoms with Gasteiger partial charge in [0.2, 0.25) is 0 Å². The lowest BCUT2D eigenvalue weighted by molar-refractivity contribution is 0.0790. The number of Topliss-reactive ketones (excluding diaryl/α,β-unsaturated/α-hetero) is 1. The summed E-state index contributed by atoms with van der Waals surface area (Å²) >= 11 is 0. The third kappa shape index (κ3) is 5.66. The molecule has 0 radical (unpaired) electrons. The molecular formula is C31H31F2N5O2. The minimum Gasteiger partial charge on any atom is -0.305 e. The molecule has 1 unspecified atom stereocenters. The number of likely N-dealkylation sites (tertiary alicyclic amines) is 2. The number of fused-ring (bicyclic) bond motifs is 1. The molecule has 3 heterocycles. The Morgan fingerprint density at radius 3 is 2.35 bits per heavy atom. The summed E-state index contributed by atoms with van der Waals surface area (Å²) in [6, 6.07) is 15.6. The van der Waals surface area contributed by atoms with Crippen molar-refractivity contribution in [3.63, 3.8) is 0 Å². The van der Waals surface area contributed by atoms with Gasteiger partial charge in [0.1, 0.15) is 11.6 Å². The SMILES string of the molecule is O=C(Nc1n[nH]c2ccc(Cc3cc(F)cc(F)c3)cc12)c1ccc(C(=O)C2CCCN2CN2CCCC2)cc1. The Morgan fingerprint density at radius 2 is 1.60 bits per heavy atom. The Hall–Kier alpha value is -3.95. The first-order chi connectivity index (χ1) is 19.4. The smallest absolute Gasteiger partial charge is 0.256 e. The summed E-state index contributed by atoms with van der Waals surface area (Å²) in [5.74, 6) is -1.13. The number of ketones is 1. The lowest BCUT2D eigenvalue weighted by Crippen LogP contribution is -2.43. The van der Waals surface area contributed by atoms with E-state index in [1.54, 1.807) is 24.3 Å². The molecule has 6 rings (SSSR count). The second-order valence-electron chi connectivity index (χ2n) is 10.7. The number of carbonyl (C=O) groups is 2. The van der Waals surface area contributed by atoms with Crippen molar-refractivity contribution in [2.75, 3.05) is 31.6 Å². The zero-order chi connectivity index (χ0) is 27.6. The molecule has 0 bridgehead atoms. The van der Waals surface area contributed by atoms with Crippen LogP contribution < -0.4 is 5.32 Å². The summed E-state index contributed by atoms with van der Waals surface area (Å²) in [5, 5.41) is 10.7. The molecule has 2 aliphatic rings. The predicted octanol–water partition coefficient (Wildman–Crippen LogP) is 5.38. The van der Waals surface area contributed by atoms with Crippen molar-refractivity contribution in [2.24, 2.45) is 0 Å². The quantitative estimate of drug-likeness (QED) is 0.292. The minimum absolute atomic E-state index is 0.104. The van der Waals surface area contributed by atoms with Gasteiger partial charge in [-0.25, -0.2) is 8.78 Å². The number of rotatable bonds is 8. The van der Waals surface area contributed by atoms with Gasteiger partial charge in [-0.3, -0.25) is 24.5 Å². The molecule has 3 aromatic carbocycles. The van der Waals surface area contributed by atoms with Gasteiger partial charge in [-0.15, -0.1) is 0 Å². The van der Waals surface area contributed by atoms with Crippen molar-refractivity contribution in [1.82, 2.24) is 20.0 Å². The molecule has 1 aromatic heterocycles. The summed E-state index contributed by atoms with van der Waals surface area (Å²) in [4.78, 5) is 31.0. The van der Waals surface area contributed by atoms with Crippen molar-refractivity contribution in [3.8, 4) is 0 Å². The van der Waals surface area contributed by atoms with Gasteiger partial charge in [0.05, 0.1) is 18.2 Å². The van der Waals surface area contributed by atoms with Crippen LogP contribution in [-0.2, 0) is 6.42 Å². The molecule has 1 atom stereocenters. The van der Waals surface area contributed by atoms with E-state index >= 15 is 0 Å². The first kappa shape index (κ1) is 26.3. The highest BCUT2D eigenvalue weighted by Crippen LogP contribution is 2.26. The lowest BCUT2D eigenvalue weighted by Gasteiger charge is -2.28. The van der Waals surface area contributed by atoms with E-state index in [1.165, 1.54) is 25.0 Å². The Balaban J connectivity index is 1.13. The van der Waals surface area contributed by atoms with Gasteiger partial charge in [0, 0.05) is 29.1 Å². The predicted molar refractivity (Wildman–Crippen MR) is 149 cm³/mol. The number of halogens is 2. The molecule has 7 nitrogen and oxygen atoms in total. The van der Waals surface area contributed by atoms with E-state index in [0.29, 0.717) is 34.3 Å². The van der Waals surface area contributed by atoms with Crippen LogP contribution in [0.1, 0.15) is 57.5 Å². The number of H-pyrrole nitrogens is 1. The number of amides is 1. The fourth-order valence-electron chi connectivity index (χ4n) is 5.85. The van der Waals surface area contributed by atoms with E-state index in [2.05, 4.69) is 25.3 Å². The average Bonchev–Trinajstić information content (AvgIpc) is 3.70. The summed E-state index contributed by atoms with van der Waals surface area (Å²) in [7, 11) is 0. The van der Waals surface area contributed by atoms with Gasteiger partial charge < -0.3 is 5.32 Å². The van der Waals surface area contributed by atoms with Crippen LogP contribution >= 0.6 is 0 Å². The first-order valence-corrected chi connectivity index (χ1v) is 13.8. The van der Waals surface area contributed by atoms with Crippen LogP contribution in [0.4, 0.5) is 14.6 Å². The monoisotopic (exact) mass is 543 g/mol. The van der Waals surface area contributed by atoms with Crippen molar-refractivity contribution in [1.29, 1.82) is 0 Å². The van der Waals surface area contributed by atoms with Crippen LogP contribution in [0, 0.1) is 11.6 Å². The molecule has 2 fully saturated rings. The summed E-state index contributed by atoms with van der Waals surface area (Å²) in [6.07, 6.45) is 4.65. The van der Waals surface area contributed by atoms with E-state index in [4.69, 9.17) is 0 Å². The maximum Gasteiger partial charge on any atom is 0.256 e. The van der Waals surface area contributed by atoms with Crippen molar-refractivity contribution in [3.05, 3.63) is 94.6 Å². The number of nitrogens with one attached hydrogen (secondary N) is 2. The number of hydrogen-bond donors (Lipinski definition) is 2. The largest absolute Gasteiger partial charge is 0.305 e. The fraction of sp³-hybridized carbons (Fsp3) is 0.323. The Kier molecular flexibility index (Phi) is 7.40. The zero-order valence-electron chi connectivity index (χ0n) is 22.1. The molecule has 206 valence electrons. The highest BCUT2D eigenvalue weighted by atomic mass is 19.1. The third-order valence-corrected chi connectivity index (χ3v) is 7.87. The van der Waals surface area contributed by atoms with Crippen LogP contribution in [-0.4, -0.2) is 64.0 Å². The van der Waals surface area contributed by atoms with Crippen LogP contribution in [0.5, 0.6) is 0 Å². The normalized spacial score (nSPS) is 18.0.